The van der Waals surface area contributed by atoms with Gasteiger partial charge in [0.05, 0.1) is 6.10 Å². The van der Waals surface area contributed by atoms with Gasteiger partial charge in [-0.15, -0.1) is 0 Å². The molecular weight excluding hydrogens is 262 g/mol. The Morgan fingerprint density at radius 2 is 1.95 bits per heavy atom. The van der Waals surface area contributed by atoms with Crippen LogP contribution in [-0.4, -0.2) is 18.4 Å². The number of nitrogens with one attached hydrogen (secondary N) is 1. The van der Waals surface area contributed by atoms with Crippen molar-refractivity contribution in [2.24, 2.45) is 0 Å². The van der Waals surface area contributed by atoms with Crippen molar-refractivity contribution in [3.05, 3.63) is 59.2 Å². The van der Waals surface area contributed by atoms with Gasteiger partial charge in [-0.1, -0.05) is 24.3 Å². The largest absolute Gasteiger partial charge is 0.491 e. The molecule has 3 rings (SSSR count). The van der Waals surface area contributed by atoms with E-state index in [2.05, 4.69) is 5.32 Å². The maximum Gasteiger partial charge on any atom is 0.193 e. The summed E-state index contributed by atoms with van der Waals surface area (Å²) in [6.07, 6.45) is 1.13. The van der Waals surface area contributed by atoms with Gasteiger partial charge in [0, 0.05) is 23.4 Å². The second kappa shape index (κ2) is 5.60. The van der Waals surface area contributed by atoms with Crippen molar-refractivity contribution >= 4 is 11.5 Å². The molecule has 0 fully saturated rings. The molecule has 21 heavy (non-hydrogen) atoms. The zero-order valence-electron chi connectivity index (χ0n) is 12.3. The van der Waals surface area contributed by atoms with Gasteiger partial charge in [0.25, 0.3) is 0 Å². The molecule has 0 radical (unpaired) electrons. The highest BCUT2D eigenvalue weighted by molar-refractivity contribution is 6.09. The highest BCUT2D eigenvalue weighted by Gasteiger charge is 2.15. The van der Waals surface area contributed by atoms with Crippen LogP contribution in [0, 0.1) is 0 Å². The fourth-order valence-electron chi connectivity index (χ4n) is 2.58. The van der Waals surface area contributed by atoms with Crippen LogP contribution in [-0.2, 0) is 6.42 Å². The first-order valence-electron chi connectivity index (χ1n) is 7.32. The summed E-state index contributed by atoms with van der Waals surface area (Å²) < 4.78 is 5.65. The molecule has 0 unspecified atom stereocenters. The minimum Gasteiger partial charge on any atom is -0.491 e. The van der Waals surface area contributed by atoms with Gasteiger partial charge in [0.1, 0.15) is 5.75 Å². The lowest BCUT2D eigenvalue weighted by molar-refractivity contribution is 0.103. The van der Waals surface area contributed by atoms with Gasteiger partial charge in [-0.3, -0.25) is 4.79 Å². The van der Waals surface area contributed by atoms with E-state index in [1.165, 1.54) is 5.56 Å². The molecule has 0 amide bonds. The molecule has 2 aromatic rings. The number of benzene rings is 2. The topological polar surface area (TPSA) is 38.3 Å². The molecule has 1 aliphatic heterocycles. The molecule has 3 nitrogen and oxygen atoms in total. The van der Waals surface area contributed by atoms with Crippen molar-refractivity contribution in [1.82, 2.24) is 0 Å². The molecule has 1 aliphatic rings. The molecule has 0 spiro atoms. The molecule has 1 N–H and O–H groups in total. The van der Waals surface area contributed by atoms with Gasteiger partial charge >= 0.3 is 0 Å². The summed E-state index contributed by atoms with van der Waals surface area (Å²) in [5.74, 6) is 0.760. The summed E-state index contributed by atoms with van der Waals surface area (Å²) in [4.78, 5) is 12.6. The zero-order valence-corrected chi connectivity index (χ0v) is 12.3. The molecule has 0 aliphatic carbocycles. The average Bonchev–Trinajstić information content (AvgIpc) is 2.93. The van der Waals surface area contributed by atoms with E-state index in [1.807, 2.05) is 56.3 Å². The van der Waals surface area contributed by atoms with Crippen molar-refractivity contribution in [2.75, 3.05) is 11.9 Å². The lowest BCUT2D eigenvalue weighted by atomic mass is 10.0. The quantitative estimate of drug-likeness (QED) is 0.869. The van der Waals surface area contributed by atoms with E-state index in [-0.39, 0.29) is 11.9 Å². The van der Waals surface area contributed by atoms with Crippen molar-refractivity contribution in [2.45, 2.75) is 26.4 Å². The van der Waals surface area contributed by atoms with Gasteiger partial charge in [-0.2, -0.15) is 0 Å². The van der Waals surface area contributed by atoms with E-state index in [9.17, 15) is 4.79 Å². The maximum atomic E-state index is 12.6. The first kappa shape index (κ1) is 13.7. The zero-order chi connectivity index (χ0) is 14.8. The number of fused-ring (bicyclic) bond motifs is 1. The Morgan fingerprint density at radius 3 is 2.76 bits per heavy atom. The summed E-state index contributed by atoms with van der Waals surface area (Å²) in [6, 6.07) is 13.3. The summed E-state index contributed by atoms with van der Waals surface area (Å²) in [6.45, 7) is 4.89. The Labute approximate surface area is 124 Å². The van der Waals surface area contributed by atoms with E-state index in [0.717, 1.165) is 24.4 Å². The van der Waals surface area contributed by atoms with Crippen LogP contribution in [0.15, 0.2) is 42.5 Å². The van der Waals surface area contributed by atoms with Gasteiger partial charge in [-0.25, -0.2) is 0 Å². The number of carbonyl (C=O) groups excluding carboxylic acids is 1. The van der Waals surface area contributed by atoms with E-state index < -0.39 is 0 Å². The Kier molecular flexibility index (Phi) is 3.65. The van der Waals surface area contributed by atoms with Crippen molar-refractivity contribution < 1.29 is 9.53 Å². The summed E-state index contributed by atoms with van der Waals surface area (Å²) >= 11 is 0. The summed E-state index contributed by atoms with van der Waals surface area (Å²) in [7, 11) is 0. The number of carbonyl (C=O) groups is 1. The molecule has 0 atom stereocenters. The third-order valence-electron chi connectivity index (χ3n) is 3.55. The Morgan fingerprint density at radius 1 is 1.14 bits per heavy atom. The number of hydrogen-bond donors (Lipinski definition) is 1. The molecule has 0 saturated heterocycles. The first-order valence-corrected chi connectivity index (χ1v) is 7.32. The summed E-state index contributed by atoms with van der Waals surface area (Å²) in [5, 5.41) is 3.31. The van der Waals surface area contributed by atoms with Crippen LogP contribution in [0.25, 0.3) is 0 Å². The van der Waals surface area contributed by atoms with Crippen LogP contribution in [0.5, 0.6) is 5.75 Å². The molecule has 0 aromatic heterocycles. The second-order valence-corrected chi connectivity index (χ2v) is 5.57. The lowest BCUT2D eigenvalue weighted by Gasteiger charge is -2.11. The normalized spacial score (nSPS) is 12.9. The van der Waals surface area contributed by atoms with Crippen molar-refractivity contribution in [1.29, 1.82) is 0 Å². The fourth-order valence-corrected chi connectivity index (χ4v) is 2.58. The number of ketones is 1. The third kappa shape index (κ3) is 2.92. The van der Waals surface area contributed by atoms with E-state index in [0.29, 0.717) is 11.1 Å². The number of rotatable bonds is 4. The second-order valence-electron chi connectivity index (χ2n) is 5.57. The van der Waals surface area contributed by atoms with E-state index in [1.54, 1.807) is 0 Å². The van der Waals surface area contributed by atoms with Crippen molar-refractivity contribution in [3.63, 3.8) is 0 Å². The highest BCUT2D eigenvalue weighted by atomic mass is 16.5. The molecule has 1 heterocycles. The predicted octanol–water partition coefficient (Wildman–Crippen LogP) is 3.67. The van der Waals surface area contributed by atoms with E-state index in [4.69, 9.17) is 4.74 Å². The monoisotopic (exact) mass is 281 g/mol. The smallest absolute Gasteiger partial charge is 0.193 e. The van der Waals surface area contributed by atoms with E-state index >= 15 is 0 Å². The van der Waals surface area contributed by atoms with Crippen LogP contribution < -0.4 is 10.1 Å². The molecule has 3 heteroatoms. The van der Waals surface area contributed by atoms with Gasteiger partial charge < -0.3 is 10.1 Å². The Balaban J connectivity index is 1.88. The number of anilines is 1. The number of ether oxygens (including phenoxy) is 1. The standard InChI is InChI=1S/C18H19NO2/c1-12(2)21-16-5-3-4-14(10-16)18(20)15-7-6-13-8-9-19-17(13)11-15/h3-7,10-12,19H,8-9H2,1-2H3. The van der Waals surface area contributed by atoms with Crippen LogP contribution >= 0.6 is 0 Å². The molecule has 0 bridgehead atoms. The van der Waals surface area contributed by atoms with Gasteiger partial charge in [-0.05, 0) is 44.0 Å². The predicted molar refractivity (Wildman–Crippen MR) is 84.3 cm³/mol. The van der Waals surface area contributed by atoms with Crippen LogP contribution in [0.1, 0.15) is 35.3 Å². The molecule has 0 saturated carbocycles. The SMILES string of the molecule is CC(C)Oc1cccc(C(=O)c2ccc3c(c2)NCC3)c1. The van der Waals surface area contributed by atoms with Gasteiger partial charge in [0.2, 0.25) is 0 Å². The van der Waals surface area contributed by atoms with Crippen LogP contribution in [0.2, 0.25) is 0 Å². The van der Waals surface area contributed by atoms with Crippen LogP contribution in [0.3, 0.4) is 0 Å². The highest BCUT2D eigenvalue weighted by Crippen LogP contribution is 2.25. The Hall–Kier alpha value is -2.29. The van der Waals surface area contributed by atoms with Crippen molar-refractivity contribution in [3.8, 4) is 5.75 Å². The lowest BCUT2D eigenvalue weighted by Crippen LogP contribution is -2.07. The molecule has 2 aromatic carbocycles. The first-order chi connectivity index (χ1) is 10.1. The molecular formula is C18H19NO2. The third-order valence-corrected chi connectivity index (χ3v) is 3.55. The number of hydrogen-bond acceptors (Lipinski definition) is 3. The fraction of sp³-hybridized carbons (Fsp3) is 0.278. The average molecular weight is 281 g/mol. The minimum absolute atomic E-state index is 0.0284. The maximum absolute atomic E-state index is 12.6. The summed E-state index contributed by atoms with van der Waals surface area (Å²) in [5.41, 5.74) is 3.73. The minimum atomic E-state index is 0.0284. The van der Waals surface area contributed by atoms with Gasteiger partial charge in [0.15, 0.2) is 5.78 Å². The molecule has 108 valence electrons. The van der Waals surface area contributed by atoms with Crippen LogP contribution in [0.4, 0.5) is 5.69 Å². The Bertz CT molecular complexity index is 677.